The zero-order valence-corrected chi connectivity index (χ0v) is 16.3. The predicted octanol–water partition coefficient (Wildman–Crippen LogP) is 2.51. The van der Waals surface area contributed by atoms with Gasteiger partial charge in [0, 0.05) is 19.1 Å². The second-order valence-corrected chi connectivity index (χ2v) is 7.66. The Hall–Kier alpha value is -3.17. The van der Waals surface area contributed by atoms with Crippen LogP contribution in [0.3, 0.4) is 0 Å². The third-order valence-electron chi connectivity index (χ3n) is 5.82. The topological polar surface area (TPSA) is 73.6 Å². The first-order valence-corrected chi connectivity index (χ1v) is 9.76. The van der Waals surface area contributed by atoms with Crippen LogP contribution in [-0.4, -0.2) is 47.9 Å². The molecule has 2 saturated heterocycles. The number of esters is 1. The molecule has 0 unspecified atom stereocenters. The van der Waals surface area contributed by atoms with Crippen LogP contribution >= 0.6 is 0 Å². The van der Waals surface area contributed by atoms with E-state index < -0.39 is 0 Å². The van der Waals surface area contributed by atoms with E-state index in [4.69, 9.17) is 10.00 Å². The number of hydrogen-bond acceptors (Lipinski definition) is 5. The molecule has 0 bridgehead atoms. The van der Waals surface area contributed by atoms with E-state index in [0.717, 1.165) is 11.1 Å². The van der Waals surface area contributed by atoms with Gasteiger partial charge in [-0.1, -0.05) is 42.5 Å². The van der Waals surface area contributed by atoms with Crippen molar-refractivity contribution in [1.29, 1.82) is 5.26 Å². The number of benzene rings is 2. The van der Waals surface area contributed by atoms with E-state index in [-0.39, 0.29) is 29.9 Å². The van der Waals surface area contributed by atoms with E-state index in [2.05, 4.69) is 11.0 Å². The summed E-state index contributed by atoms with van der Waals surface area (Å²) < 4.78 is 5.05. The molecule has 3 atom stereocenters. The molecule has 2 aromatic rings. The summed E-state index contributed by atoms with van der Waals surface area (Å²) >= 11 is 0. The Bertz CT molecular complexity index is 953. The lowest BCUT2D eigenvalue weighted by Crippen LogP contribution is -2.53. The Morgan fingerprint density at radius 1 is 1.21 bits per heavy atom. The molecule has 6 nitrogen and oxygen atoms in total. The maximum Gasteiger partial charge on any atom is 0.311 e. The molecule has 0 aromatic heterocycles. The fraction of sp³-hybridized carbons (Fsp3) is 0.348. The van der Waals surface area contributed by atoms with Crippen molar-refractivity contribution in [2.45, 2.75) is 25.0 Å². The molecule has 29 heavy (non-hydrogen) atoms. The summed E-state index contributed by atoms with van der Waals surface area (Å²) in [4.78, 5) is 29.6. The lowest BCUT2D eigenvalue weighted by molar-refractivity contribution is -0.147. The van der Waals surface area contributed by atoms with Gasteiger partial charge in [0.05, 0.1) is 37.2 Å². The van der Waals surface area contributed by atoms with Crippen molar-refractivity contribution in [2.24, 2.45) is 5.92 Å². The highest BCUT2D eigenvalue weighted by molar-refractivity contribution is 5.83. The molecule has 2 aliphatic heterocycles. The van der Waals surface area contributed by atoms with Crippen molar-refractivity contribution < 1.29 is 14.3 Å². The summed E-state index contributed by atoms with van der Waals surface area (Å²) in [7, 11) is 1.40. The average molecular weight is 389 g/mol. The number of fused-ring (bicyclic) bond motifs is 1. The van der Waals surface area contributed by atoms with Gasteiger partial charge in [0.15, 0.2) is 0 Å². The quantitative estimate of drug-likeness (QED) is 0.751. The molecule has 6 heteroatoms. The zero-order chi connectivity index (χ0) is 20.4. The maximum absolute atomic E-state index is 13.1. The number of nitrogens with zero attached hydrogens (tertiary/aromatic N) is 3. The number of hydrogen-bond donors (Lipinski definition) is 0. The normalized spacial score (nSPS) is 24.1. The van der Waals surface area contributed by atoms with Crippen molar-refractivity contribution in [3.63, 3.8) is 0 Å². The Morgan fingerprint density at radius 2 is 2.00 bits per heavy atom. The van der Waals surface area contributed by atoms with Crippen LogP contribution < -0.4 is 0 Å². The predicted molar refractivity (Wildman–Crippen MR) is 106 cm³/mol. The number of carbonyl (C=O) groups is 2. The highest BCUT2D eigenvalue weighted by Gasteiger charge is 2.50. The van der Waals surface area contributed by atoms with Gasteiger partial charge < -0.3 is 9.64 Å². The van der Waals surface area contributed by atoms with Crippen LogP contribution in [0.2, 0.25) is 0 Å². The average Bonchev–Trinajstić information content (AvgIpc) is 3.14. The molecule has 0 aliphatic carbocycles. The van der Waals surface area contributed by atoms with Gasteiger partial charge in [0.2, 0.25) is 5.91 Å². The van der Waals surface area contributed by atoms with Gasteiger partial charge in [-0.15, -0.1) is 0 Å². The third kappa shape index (κ3) is 3.74. The van der Waals surface area contributed by atoms with Crippen molar-refractivity contribution in [3.05, 3.63) is 71.3 Å². The van der Waals surface area contributed by atoms with E-state index in [1.165, 1.54) is 7.11 Å². The second kappa shape index (κ2) is 8.06. The molecule has 2 aromatic carbocycles. The van der Waals surface area contributed by atoms with E-state index in [0.29, 0.717) is 31.6 Å². The molecule has 4 rings (SSSR count). The van der Waals surface area contributed by atoms with Gasteiger partial charge in [-0.3, -0.25) is 14.5 Å². The summed E-state index contributed by atoms with van der Waals surface area (Å²) in [5.41, 5.74) is 2.59. The lowest BCUT2D eigenvalue weighted by atomic mass is 9.93. The van der Waals surface area contributed by atoms with Crippen LogP contribution in [0.4, 0.5) is 0 Å². The molecular formula is C23H23N3O3. The van der Waals surface area contributed by atoms with Gasteiger partial charge in [-0.05, 0) is 29.7 Å². The number of methoxy groups -OCH3 is 1. The highest BCUT2D eigenvalue weighted by atomic mass is 16.5. The Morgan fingerprint density at radius 3 is 2.72 bits per heavy atom. The van der Waals surface area contributed by atoms with Gasteiger partial charge in [-0.25, -0.2) is 0 Å². The fourth-order valence-corrected chi connectivity index (χ4v) is 4.65. The molecule has 2 fully saturated rings. The summed E-state index contributed by atoms with van der Waals surface area (Å²) in [5, 5.41) is 9.11. The van der Waals surface area contributed by atoms with Gasteiger partial charge in [-0.2, -0.15) is 5.26 Å². The second-order valence-electron chi connectivity index (χ2n) is 7.66. The van der Waals surface area contributed by atoms with Crippen LogP contribution in [0.15, 0.2) is 54.6 Å². The van der Waals surface area contributed by atoms with E-state index in [1.54, 1.807) is 6.07 Å². The van der Waals surface area contributed by atoms with Crippen molar-refractivity contribution >= 4 is 11.9 Å². The molecule has 2 aliphatic rings. The maximum atomic E-state index is 13.1. The lowest BCUT2D eigenvalue weighted by Gasteiger charge is -2.40. The first-order chi connectivity index (χ1) is 14.1. The van der Waals surface area contributed by atoms with Crippen LogP contribution in [0, 0.1) is 17.2 Å². The molecule has 0 saturated carbocycles. The standard InChI is InChI=1S/C23H23N3O3/c1-29-23(28)20-11-19-14-25(13-17-7-5-6-16(10-17)12-24)15-21(27)26(19)22(20)18-8-3-2-4-9-18/h2-10,19-20,22H,11,13-15H2,1H3/t19-,20-,22-/m0/s1. The summed E-state index contributed by atoms with van der Waals surface area (Å²) in [6.45, 7) is 1.59. The Balaban J connectivity index is 1.57. The Kier molecular flexibility index (Phi) is 5.32. The van der Waals surface area contributed by atoms with E-state index >= 15 is 0 Å². The van der Waals surface area contributed by atoms with Crippen LogP contribution in [0.5, 0.6) is 0 Å². The summed E-state index contributed by atoms with van der Waals surface area (Å²) in [6, 6.07) is 19.0. The number of rotatable bonds is 4. The number of carbonyl (C=O) groups excluding carboxylic acids is 2. The van der Waals surface area contributed by atoms with Crippen molar-refractivity contribution in [2.75, 3.05) is 20.2 Å². The molecule has 2 heterocycles. The third-order valence-corrected chi connectivity index (χ3v) is 5.82. The number of piperazine rings is 1. The van der Waals surface area contributed by atoms with Gasteiger partial charge >= 0.3 is 5.97 Å². The van der Waals surface area contributed by atoms with Gasteiger partial charge in [0.25, 0.3) is 0 Å². The molecule has 148 valence electrons. The largest absolute Gasteiger partial charge is 0.469 e. The summed E-state index contributed by atoms with van der Waals surface area (Å²) in [6.07, 6.45) is 0.590. The Labute approximate surface area is 170 Å². The minimum absolute atomic E-state index is 0.0259. The SMILES string of the molecule is COC(=O)[C@H]1C[C@H]2CN(Cc3cccc(C#N)c3)CC(=O)N2[C@H]1c1ccccc1. The smallest absolute Gasteiger partial charge is 0.311 e. The molecule has 0 radical (unpaired) electrons. The van der Waals surface area contributed by atoms with Crippen molar-refractivity contribution in [1.82, 2.24) is 9.80 Å². The first kappa shape index (κ1) is 19.2. The van der Waals surface area contributed by atoms with Crippen LogP contribution in [0.25, 0.3) is 0 Å². The molecule has 0 N–H and O–H groups in total. The van der Waals surface area contributed by atoms with Crippen molar-refractivity contribution in [3.8, 4) is 6.07 Å². The molecule has 0 spiro atoms. The zero-order valence-electron chi connectivity index (χ0n) is 16.3. The fourth-order valence-electron chi connectivity index (χ4n) is 4.65. The first-order valence-electron chi connectivity index (χ1n) is 9.76. The van der Waals surface area contributed by atoms with E-state index in [9.17, 15) is 9.59 Å². The number of nitriles is 1. The van der Waals surface area contributed by atoms with E-state index in [1.807, 2.05) is 53.4 Å². The number of ether oxygens (including phenoxy) is 1. The minimum Gasteiger partial charge on any atom is -0.469 e. The van der Waals surface area contributed by atoms with Crippen LogP contribution in [-0.2, 0) is 20.9 Å². The number of amides is 1. The van der Waals surface area contributed by atoms with Crippen LogP contribution in [0.1, 0.15) is 29.2 Å². The summed E-state index contributed by atoms with van der Waals surface area (Å²) in [5.74, 6) is -0.606. The molecule has 1 amide bonds. The van der Waals surface area contributed by atoms with Gasteiger partial charge in [0.1, 0.15) is 0 Å². The minimum atomic E-state index is -0.363. The highest BCUT2D eigenvalue weighted by Crippen LogP contribution is 2.43. The monoisotopic (exact) mass is 389 g/mol. The molecular weight excluding hydrogens is 366 g/mol.